The lowest BCUT2D eigenvalue weighted by Crippen LogP contribution is -2.20. The molecule has 74 valence electrons. The average molecular weight is 200 g/mol. The molecule has 1 aliphatic heterocycles. The molecule has 2 aromatic rings. The molecule has 2 heterocycles. The van der Waals surface area contributed by atoms with Crippen molar-refractivity contribution >= 4 is 23.0 Å². The van der Waals surface area contributed by atoms with Gasteiger partial charge < -0.3 is 0 Å². The van der Waals surface area contributed by atoms with Crippen LogP contribution in [0.2, 0.25) is 0 Å². The van der Waals surface area contributed by atoms with Crippen LogP contribution in [0.25, 0.3) is 10.9 Å². The summed E-state index contributed by atoms with van der Waals surface area (Å²) in [6.45, 7) is 0. The fourth-order valence-corrected chi connectivity index (χ4v) is 1.72. The number of hydrogen-bond acceptors (Lipinski definition) is 3. The van der Waals surface area contributed by atoms with Crippen molar-refractivity contribution in [1.82, 2.24) is 15.2 Å². The molecule has 0 bridgehead atoms. The second-order valence-electron chi connectivity index (χ2n) is 3.42. The summed E-state index contributed by atoms with van der Waals surface area (Å²) in [6.07, 6.45) is 1.67. The highest BCUT2D eigenvalue weighted by Crippen LogP contribution is 2.22. The fraction of sp³-hybridized carbons (Fsp3) is 0.100. The number of carbonyl (C=O) groups is 1. The van der Waals surface area contributed by atoms with Gasteiger partial charge >= 0.3 is 0 Å². The largest absolute Gasteiger partial charge is 0.294 e. The highest BCUT2D eigenvalue weighted by atomic mass is 16.2. The van der Waals surface area contributed by atoms with Gasteiger partial charge in [-0.25, -0.2) is 5.01 Å². The van der Waals surface area contributed by atoms with Gasteiger partial charge in [-0.2, -0.15) is 10.2 Å². The normalized spacial score (nSPS) is 14.7. The van der Waals surface area contributed by atoms with Gasteiger partial charge in [0.15, 0.2) is 5.69 Å². The van der Waals surface area contributed by atoms with Crippen LogP contribution in [-0.4, -0.2) is 34.4 Å². The minimum atomic E-state index is -0.192. The SMILES string of the molecule is CN1N=Cc2cccc3[nH]nc(c23)C1=O. The van der Waals surface area contributed by atoms with Crippen molar-refractivity contribution in [2.45, 2.75) is 0 Å². The molecule has 0 aliphatic carbocycles. The van der Waals surface area contributed by atoms with Crippen molar-refractivity contribution in [3.8, 4) is 0 Å². The van der Waals surface area contributed by atoms with E-state index in [4.69, 9.17) is 0 Å². The van der Waals surface area contributed by atoms with Gasteiger partial charge in [-0.05, 0) is 6.07 Å². The molecule has 0 saturated heterocycles. The quantitative estimate of drug-likeness (QED) is 0.689. The fourth-order valence-electron chi connectivity index (χ4n) is 1.72. The predicted octanol–water partition coefficient (Wildman–Crippen LogP) is 0.982. The molecule has 0 unspecified atom stereocenters. The lowest BCUT2D eigenvalue weighted by atomic mass is 10.1. The first-order valence-electron chi connectivity index (χ1n) is 4.56. The van der Waals surface area contributed by atoms with Crippen LogP contribution in [0.1, 0.15) is 16.1 Å². The van der Waals surface area contributed by atoms with Crippen LogP contribution in [0.15, 0.2) is 23.3 Å². The van der Waals surface area contributed by atoms with E-state index in [1.807, 2.05) is 18.2 Å². The molecule has 0 spiro atoms. The smallest absolute Gasteiger partial charge is 0.277 e. The van der Waals surface area contributed by atoms with Crippen LogP contribution in [0.3, 0.4) is 0 Å². The molecule has 0 radical (unpaired) electrons. The standard InChI is InChI=1S/C10H8N4O/c1-14-10(15)9-8-6(5-11-14)3-2-4-7(8)12-13-9/h2-5H,1H3,(H,12,13). The summed E-state index contributed by atoms with van der Waals surface area (Å²) in [5.41, 5.74) is 2.20. The van der Waals surface area contributed by atoms with Crippen molar-refractivity contribution in [2.75, 3.05) is 7.05 Å². The lowest BCUT2D eigenvalue weighted by molar-refractivity contribution is 0.0797. The van der Waals surface area contributed by atoms with Crippen molar-refractivity contribution in [3.05, 3.63) is 29.5 Å². The van der Waals surface area contributed by atoms with Gasteiger partial charge in [-0.15, -0.1) is 0 Å². The number of carbonyl (C=O) groups excluding carboxylic acids is 1. The molecule has 15 heavy (non-hydrogen) atoms. The lowest BCUT2D eigenvalue weighted by Gasteiger charge is -2.05. The number of benzene rings is 1. The number of aromatic amines is 1. The Kier molecular flexibility index (Phi) is 1.45. The highest BCUT2D eigenvalue weighted by Gasteiger charge is 2.21. The first-order valence-corrected chi connectivity index (χ1v) is 4.56. The van der Waals surface area contributed by atoms with Crippen LogP contribution in [0.5, 0.6) is 0 Å². The summed E-state index contributed by atoms with van der Waals surface area (Å²) < 4.78 is 0. The monoisotopic (exact) mass is 200 g/mol. The van der Waals surface area contributed by atoms with E-state index in [0.717, 1.165) is 16.5 Å². The molecule has 1 amide bonds. The van der Waals surface area contributed by atoms with Gasteiger partial charge in [0.05, 0.1) is 11.7 Å². The van der Waals surface area contributed by atoms with Crippen molar-refractivity contribution in [2.24, 2.45) is 5.10 Å². The molecule has 3 rings (SSSR count). The van der Waals surface area contributed by atoms with Gasteiger partial charge in [0.2, 0.25) is 0 Å². The number of hydrogen-bond donors (Lipinski definition) is 1. The third-order valence-electron chi connectivity index (χ3n) is 2.49. The number of rotatable bonds is 0. The van der Waals surface area contributed by atoms with Gasteiger partial charge in [0, 0.05) is 18.0 Å². The third-order valence-corrected chi connectivity index (χ3v) is 2.49. The summed E-state index contributed by atoms with van der Waals surface area (Å²) in [5, 5.41) is 13.0. The van der Waals surface area contributed by atoms with Crippen LogP contribution in [0.4, 0.5) is 0 Å². The number of H-pyrrole nitrogens is 1. The zero-order chi connectivity index (χ0) is 10.4. The Morgan fingerprint density at radius 2 is 2.27 bits per heavy atom. The Hall–Kier alpha value is -2.17. The van der Waals surface area contributed by atoms with E-state index in [1.54, 1.807) is 13.3 Å². The van der Waals surface area contributed by atoms with Gasteiger partial charge in [-0.3, -0.25) is 9.89 Å². The molecule has 0 saturated carbocycles. The summed E-state index contributed by atoms with van der Waals surface area (Å²) in [6, 6.07) is 5.71. The Balaban J connectivity index is 2.46. The Morgan fingerprint density at radius 3 is 3.13 bits per heavy atom. The first-order chi connectivity index (χ1) is 7.27. The number of nitrogens with zero attached hydrogens (tertiary/aromatic N) is 3. The average Bonchev–Trinajstić information content (AvgIpc) is 2.63. The van der Waals surface area contributed by atoms with Crippen LogP contribution in [0, 0.1) is 0 Å². The Bertz CT molecular complexity index is 584. The molecule has 0 atom stereocenters. The van der Waals surface area contributed by atoms with Crippen LogP contribution in [-0.2, 0) is 0 Å². The van der Waals surface area contributed by atoms with E-state index in [9.17, 15) is 4.79 Å². The topological polar surface area (TPSA) is 61.4 Å². The Morgan fingerprint density at radius 1 is 1.40 bits per heavy atom. The maximum atomic E-state index is 11.8. The molecule has 0 fully saturated rings. The van der Waals surface area contributed by atoms with Gasteiger partial charge in [0.1, 0.15) is 0 Å². The van der Waals surface area contributed by atoms with Crippen molar-refractivity contribution in [1.29, 1.82) is 0 Å². The summed E-state index contributed by atoms with van der Waals surface area (Å²) in [7, 11) is 1.62. The van der Waals surface area contributed by atoms with E-state index in [-0.39, 0.29) is 5.91 Å². The molecule has 1 N–H and O–H groups in total. The summed E-state index contributed by atoms with van der Waals surface area (Å²) in [5.74, 6) is -0.192. The predicted molar refractivity (Wildman–Crippen MR) is 55.8 cm³/mol. The maximum absolute atomic E-state index is 11.8. The van der Waals surface area contributed by atoms with E-state index in [1.165, 1.54) is 5.01 Å². The second-order valence-corrected chi connectivity index (χ2v) is 3.42. The van der Waals surface area contributed by atoms with Crippen LogP contribution >= 0.6 is 0 Å². The van der Waals surface area contributed by atoms with E-state index < -0.39 is 0 Å². The number of amides is 1. The Labute approximate surface area is 85.4 Å². The van der Waals surface area contributed by atoms with Gasteiger partial charge in [0.25, 0.3) is 5.91 Å². The van der Waals surface area contributed by atoms with E-state index >= 15 is 0 Å². The summed E-state index contributed by atoms with van der Waals surface area (Å²) in [4.78, 5) is 11.8. The minimum Gasteiger partial charge on any atom is -0.277 e. The molecule has 5 heteroatoms. The van der Waals surface area contributed by atoms with E-state index in [0.29, 0.717) is 5.69 Å². The number of nitrogens with one attached hydrogen (secondary N) is 1. The second kappa shape index (κ2) is 2.66. The molecule has 1 aromatic heterocycles. The van der Waals surface area contributed by atoms with Crippen molar-refractivity contribution < 1.29 is 4.79 Å². The molecular weight excluding hydrogens is 192 g/mol. The molecule has 1 aromatic carbocycles. The first kappa shape index (κ1) is 8.16. The summed E-state index contributed by atoms with van der Waals surface area (Å²) >= 11 is 0. The maximum Gasteiger partial charge on any atom is 0.294 e. The van der Waals surface area contributed by atoms with Gasteiger partial charge in [-0.1, -0.05) is 12.1 Å². The zero-order valence-electron chi connectivity index (χ0n) is 8.06. The third kappa shape index (κ3) is 0.999. The number of hydrazone groups is 1. The molecular formula is C10H8N4O. The number of aromatic nitrogens is 2. The van der Waals surface area contributed by atoms with Crippen LogP contribution < -0.4 is 0 Å². The minimum absolute atomic E-state index is 0.192. The molecule has 1 aliphatic rings. The zero-order valence-corrected chi connectivity index (χ0v) is 8.06. The highest BCUT2D eigenvalue weighted by molar-refractivity contribution is 6.12. The van der Waals surface area contributed by atoms with Crippen molar-refractivity contribution in [3.63, 3.8) is 0 Å². The molecule has 5 nitrogen and oxygen atoms in total. The van der Waals surface area contributed by atoms with E-state index in [2.05, 4.69) is 15.3 Å².